The highest BCUT2D eigenvalue weighted by atomic mass is 16.5. The molecule has 2 amide bonds. The number of nitrogens with zero attached hydrogens (tertiary/aromatic N) is 2. The first-order valence-corrected chi connectivity index (χ1v) is 7.42. The van der Waals surface area contributed by atoms with E-state index in [9.17, 15) is 9.59 Å². The Labute approximate surface area is 121 Å². The van der Waals surface area contributed by atoms with Gasteiger partial charge in [-0.2, -0.15) is 0 Å². The summed E-state index contributed by atoms with van der Waals surface area (Å²) in [6.45, 7) is 11.3. The third-order valence-electron chi connectivity index (χ3n) is 3.64. The number of nitrogens with one attached hydrogen (secondary N) is 1. The van der Waals surface area contributed by atoms with Gasteiger partial charge in [0, 0.05) is 26.2 Å². The summed E-state index contributed by atoms with van der Waals surface area (Å²) in [6, 6.07) is -0.711. The lowest BCUT2D eigenvalue weighted by molar-refractivity contribution is -0.138. The van der Waals surface area contributed by atoms with Crippen molar-refractivity contribution >= 4 is 11.8 Å². The third-order valence-corrected chi connectivity index (χ3v) is 3.64. The summed E-state index contributed by atoms with van der Waals surface area (Å²) in [4.78, 5) is 28.0. The van der Waals surface area contributed by atoms with E-state index in [4.69, 9.17) is 4.74 Å². The highest BCUT2D eigenvalue weighted by molar-refractivity contribution is 5.85. The molecule has 116 valence electrons. The second-order valence-corrected chi connectivity index (χ2v) is 5.06. The SMILES string of the molecule is CCN(CC)C(=O)C(C)NC(C)C(=O)N1CCOCC1. The second kappa shape index (κ2) is 8.21. The summed E-state index contributed by atoms with van der Waals surface area (Å²) in [5, 5.41) is 3.10. The molecule has 1 aliphatic rings. The van der Waals surface area contributed by atoms with E-state index >= 15 is 0 Å². The summed E-state index contributed by atoms with van der Waals surface area (Å²) in [7, 11) is 0. The van der Waals surface area contributed by atoms with Gasteiger partial charge in [0.2, 0.25) is 11.8 Å². The first-order chi connectivity index (χ1) is 9.51. The van der Waals surface area contributed by atoms with Crippen LogP contribution in [0.2, 0.25) is 0 Å². The van der Waals surface area contributed by atoms with E-state index in [0.717, 1.165) is 0 Å². The maximum Gasteiger partial charge on any atom is 0.239 e. The monoisotopic (exact) mass is 285 g/mol. The summed E-state index contributed by atoms with van der Waals surface area (Å²) in [6.07, 6.45) is 0. The van der Waals surface area contributed by atoms with E-state index in [0.29, 0.717) is 39.4 Å². The van der Waals surface area contributed by atoms with Gasteiger partial charge in [0.15, 0.2) is 0 Å². The smallest absolute Gasteiger partial charge is 0.239 e. The number of carbonyl (C=O) groups is 2. The van der Waals surface area contributed by atoms with Crippen molar-refractivity contribution in [3.63, 3.8) is 0 Å². The van der Waals surface area contributed by atoms with Gasteiger partial charge in [-0.3, -0.25) is 14.9 Å². The van der Waals surface area contributed by atoms with Crippen LogP contribution in [0.4, 0.5) is 0 Å². The predicted molar refractivity (Wildman–Crippen MR) is 77.4 cm³/mol. The molecule has 0 saturated carbocycles. The zero-order valence-electron chi connectivity index (χ0n) is 13.0. The number of ether oxygens (including phenoxy) is 1. The minimum Gasteiger partial charge on any atom is -0.378 e. The fourth-order valence-corrected chi connectivity index (χ4v) is 2.38. The molecule has 0 radical (unpaired) electrons. The van der Waals surface area contributed by atoms with Gasteiger partial charge in [-0.05, 0) is 27.7 Å². The molecule has 6 nitrogen and oxygen atoms in total. The Hall–Kier alpha value is -1.14. The third kappa shape index (κ3) is 4.45. The van der Waals surface area contributed by atoms with Gasteiger partial charge in [0.1, 0.15) is 0 Å². The molecule has 0 aromatic heterocycles. The number of morpholine rings is 1. The molecule has 2 atom stereocenters. The van der Waals surface area contributed by atoms with E-state index in [1.54, 1.807) is 9.80 Å². The number of likely N-dealkylation sites (N-methyl/N-ethyl adjacent to an activating group) is 1. The van der Waals surface area contributed by atoms with Crippen LogP contribution in [0.5, 0.6) is 0 Å². The van der Waals surface area contributed by atoms with Crippen LogP contribution < -0.4 is 5.32 Å². The zero-order valence-corrected chi connectivity index (χ0v) is 13.0. The molecule has 1 aliphatic heterocycles. The fourth-order valence-electron chi connectivity index (χ4n) is 2.38. The van der Waals surface area contributed by atoms with Gasteiger partial charge in [-0.15, -0.1) is 0 Å². The molecule has 0 bridgehead atoms. The lowest BCUT2D eigenvalue weighted by Crippen LogP contribution is -2.54. The summed E-state index contributed by atoms with van der Waals surface area (Å²) < 4.78 is 5.23. The molecule has 0 spiro atoms. The van der Waals surface area contributed by atoms with Crippen LogP contribution in [0.15, 0.2) is 0 Å². The zero-order chi connectivity index (χ0) is 15.1. The van der Waals surface area contributed by atoms with Crippen LogP contribution >= 0.6 is 0 Å². The molecule has 0 aromatic carbocycles. The standard InChI is InChI=1S/C14H27N3O3/c1-5-16(6-2)13(18)11(3)15-12(4)14(19)17-7-9-20-10-8-17/h11-12,15H,5-10H2,1-4H3. The predicted octanol–water partition coefficient (Wildman–Crippen LogP) is 0.0802. The topological polar surface area (TPSA) is 61.9 Å². The minimum atomic E-state index is -0.359. The summed E-state index contributed by atoms with van der Waals surface area (Å²) in [5.74, 6) is 0.0733. The molecule has 20 heavy (non-hydrogen) atoms. The average molecular weight is 285 g/mol. The second-order valence-electron chi connectivity index (χ2n) is 5.06. The van der Waals surface area contributed by atoms with Gasteiger partial charge in [-0.25, -0.2) is 0 Å². The number of amides is 2. The maximum atomic E-state index is 12.2. The average Bonchev–Trinajstić information content (AvgIpc) is 2.48. The van der Waals surface area contributed by atoms with Gasteiger partial charge in [0.05, 0.1) is 25.3 Å². The van der Waals surface area contributed by atoms with Crippen molar-refractivity contribution in [1.29, 1.82) is 0 Å². The molecule has 1 fully saturated rings. The Kier molecular flexibility index (Phi) is 6.95. The van der Waals surface area contributed by atoms with Gasteiger partial charge >= 0.3 is 0 Å². The van der Waals surface area contributed by atoms with Crippen molar-refractivity contribution in [2.24, 2.45) is 0 Å². The molecular formula is C14H27N3O3. The lowest BCUT2D eigenvalue weighted by atomic mass is 10.2. The maximum absolute atomic E-state index is 12.2. The summed E-state index contributed by atoms with van der Waals surface area (Å²) >= 11 is 0. The Morgan fingerprint density at radius 1 is 1.15 bits per heavy atom. The Morgan fingerprint density at radius 3 is 2.20 bits per heavy atom. The van der Waals surface area contributed by atoms with Crippen LogP contribution in [-0.4, -0.2) is 73.1 Å². The van der Waals surface area contributed by atoms with Crippen LogP contribution in [0, 0.1) is 0 Å². The normalized spacial score (nSPS) is 18.5. The molecule has 0 aliphatic carbocycles. The van der Waals surface area contributed by atoms with E-state index < -0.39 is 0 Å². The van der Waals surface area contributed by atoms with Gasteiger partial charge < -0.3 is 14.5 Å². The molecule has 1 rings (SSSR count). The van der Waals surface area contributed by atoms with E-state index in [-0.39, 0.29) is 23.9 Å². The molecule has 0 aromatic rings. The molecule has 1 N–H and O–H groups in total. The van der Waals surface area contributed by atoms with Gasteiger partial charge in [-0.1, -0.05) is 0 Å². The van der Waals surface area contributed by atoms with Crippen molar-refractivity contribution in [3.05, 3.63) is 0 Å². The first-order valence-electron chi connectivity index (χ1n) is 7.42. The minimum absolute atomic E-state index is 0.0347. The number of carbonyl (C=O) groups excluding carboxylic acids is 2. The van der Waals surface area contributed by atoms with Gasteiger partial charge in [0.25, 0.3) is 0 Å². The summed E-state index contributed by atoms with van der Waals surface area (Å²) in [5.41, 5.74) is 0. The molecular weight excluding hydrogens is 258 g/mol. The lowest BCUT2D eigenvalue weighted by Gasteiger charge is -2.31. The molecule has 1 saturated heterocycles. The number of hydrogen-bond acceptors (Lipinski definition) is 4. The highest BCUT2D eigenvalue weighted by Crippen LogP contribution is 2.03. The quantitative estimate of drug-likeness (QED) is 0.751. The first kappa shape index (κ1) is 16.9. The van der Waals surface area contributed by atoms with Crippen molar-refractivity contribution in [1.82, 2.24) is 15.1 Å². The molecule has 1 heterocycles. The highest BCUT2D eigenvalue weighted by Gasteiger charge is 2.26. The Bertz CT molecular complexity index is 326. The van der Waals surface area contributed by atoms with Crippen molar-refractivity contribution in [2.45, 2.75) is 39.8 Å². The van der Waals surface area contributed by atoms with E-state index in [2.05, 4.69) is 5.32 Å². The number of rotatable bonds is 6. The Morgan fingerprint density at radius 2 is 1.70 bits per heavy atom. The Balaban J connectivity index is 2.49. The van der Waals surface area contributed by atoms with E-state index in [1.165, 1.54) is 0 Å². The largest absolute Gasteiger partial charge is 0.378 e. The molecule has 6 heteroatoms. The fraction of sp³-hybridized carbons (Fsp3) is 0.857. The van der Waals surface area contributed by atoms with E-state index in [1.807, 2.05) is 27.7 Å². The van der Waals surface area contributed by atoms with Crippen molar-refractivity contribution in [2.75, 3.05) is 39.4 Å². The van der Waals surface area contributed by atoms with Crippen LogP contribution in [-0.2, 0) is 14.3 Å². The van der Waals surface area contributed by atoms with Crippen LogP contribution in [0.1, 0.15) is 27.7 Å². The van der Waals surface area contributed by atoms with Crippen molar-refractivity contribution < 1.29 is 14.3 Å². The van der Waals surface area contributed by atoms with Crippen LogP contribution in [0.3, 0.4) is 0 Å². The van der Waals surface area contributed by atoms with Crippen molar-refractivity contribution in [3.8, 4) is 0 Å². The molecule has 2 unspecified atom stereocenters. The van der Waals surface area contributed by atoms with Crippen LogP contribution in [0.25, 0.3) is 0 Å². The number of hydrogen-bond donors (Lipinski definition) is 1.